The van der Waals surface area contributed by atoms with Crippen molar-refractivity contribution in [2.75, 3.05) is 27.9 Å². The number of aromatic amines is 1. The molecule has 0 saturated heterocycles. The molecule has 0 atom stereocenters. The van der Waals surface area contributed by atoms with Gasteiger partial charge in [-0.25, -0.2) is 4.98 Å². The van der Waals surface area contributed by atoms with Crippen LogP contribution in [0.3, 0.4) is 0 Å². The van der Waals surface area contributed by atoms with E-state index in [1.807, 2.05) is 42.5 Å². The molecule has 2 aromatic carbocycles. The molecule has 1 aliphatic rings. The third kappa shape index (κ3) is 3.89. The molecule has 0 saturated carbocycles. The highest BCUT2D eigenvalue weighted by molar-refractivity contribution is 5.55. The molecule has 3 aromatic rings. The van der Waals surface area contributed by atoms with Gasteiger partial charge in [0.05, 0.1) is 32.6 Å². The second-order valence-electron chi connectivity index (χ2n) is 7.20. The molecule has 0 amide bonds. The summed E-state index contributed by atoms with van der Waals surface area (Å²) in [5.41, 5.74) is 3.47. The zero-order valence-corrected chi connectivity index (χ0v) is 17.4. The first-order valence-electron chi connectivity index (χ1n) is 9.81. The maximum absolute atomic E-state index is 12.8. The Morgan fingerprint density at radius 2 is 1.73 bits per heavy atom. The van der Waals surface area contributed by atoms with Crippen molar-refractivity contribution >= 4 is 0 Å². The van der Waals surface area contributed by atoms with E-state index in [2.05, 4.69) is 9.88 Å². The summed E-state index contributed by atoms with van der Waals surface area (Å²) in [5, 5.41) is 0. The van der Waals surface area contributed by atoms with Crippen LogP contribution in [0.5, 0.6) is 17.2 Å². The van der Waals surface area contributed by atoms with Crippen LogP contribution in [0.1, 0.15) is 16.8 Å². The molecule has 0 bridgehead atoms. The second-order valence-corrected chi connectivity index (χ2v) is 7.20. The maximum atomic E-state index is 12.8. The van der Waals surface area contributed by atoms with Crippen molar-refractivity contribution in [3.8, 4) is 28.6 Å². The zero-order valence-electron chi connectivity index (χ0n) is 17.4. The van der Waals surface area contributed by atoms with E-state index in [-0.39, 0.29) is 5.56 Å². The average molecular weight is 407 g/mol. The number of hydrogen-bond donors (Lipinski definition) is 1. The molecule has 4 rings (SSSR count). The number of ether oxygens (including phenoxy) is 3. The summed E-state index contributed by atoms with van der Waals surface area (Å²) in [6, 6.07) is 13.6. The third-order valence-corrected chi connectivity index (χ3v) is 5.33. The molecule has 0 radical (unpaired) electrons. The normalized spacial score (nSPS) is 13.6. The summed E-state index contributed by atoms with van der Waals surface area (Å²) in [4.78, 5) is 22.6. The molecule has 1 N–H and O–H groups in total. The summed E-state index contributed by atoms with van der Waals surface area (Å²) >= 11 is 0. The van der Waals surface area contributed by atoms with Crippen LogP contribution in [0, 0.1) is 0 Å². The molecule has 0 unspecified atom stereocenters. The Morgan fingerprint density at radius 3 is 2.37 bits per heavy atom. The van der Waals surface area contributed by atoms with Crippen molar-refractivity contribution in [3.63, 3.8) is 0 Å². The fourth-order valence-electron chi connectivity index (χ4n) is 3.83. The SMILES string of the molecule is COc1cc(CN2CCc3nc(-c4ccccc4)[nH]c(=O)c3C2)cc(OC)c1OC. The van der Waals surface area contributed by atoms with Gasteiger partial charge in [-0.15, -0.1) is 0 Å². The van der Waals surface area contributed by atoms with Crippen molar-refractivity contribution in [3.05, 3.63) is 69.6 Å². The number of H-pyrrole nitrogens is 1. The topological polar surface area (TPSA) is 76.7 Å². The fourth-order valence-corrected chi connectivity index (χ4v) is 3.83. The zero-order chi connectivity index (χ0) is 21.1. The van der Waals surface area contributed by atoms with Crippen LogP contribution in [0.2, 0.25) is 0 Å². The summed E-state index contributed by atoms with van der Waals surface area (Å²) in [6.45, 7) is 2.02. The van der Waals surface area contributed by atoms with Gasteiger partial charge in [-0.3, -0.25) is 9.69 Å². The Balaban J connectivity index is 1.58. The molecule has 0 spiro atoms. The molecule has 0 fully saturated rings. The van der Waals surface area contributed by atoms with E-state index >= 15 is 0 Å². The van der Waals surface area contributed by atoms with E-state index in [0.29, 0.717) is 36.2 Å². The van der Waals surface area contributed by atoms with Crippen LogP contribution in [0.25, 0.3) is 11.4 Å². The number of nitrogens with zero attached hydrogens (tertiary/aromatic N) is 2. The number of nitrogens with one attached hydrogen (secondary N) is 1. The minimum Gasteiger partial charge on any atom is -0.493 e. The molecule has 30 heavy (non-hydrogen) atoms. The molecule has 7 heteroatoms. The molecule has 1 aliphatic heterocycles. The molecule has 0 aliphatic carbocycles. The Morgan fingerprint density at radius 1 is 1.03 bits per heavy atom. The highest BCUT2D eigenvalue weighted by Crippen LogP contribution is 2.38. The van der Waals surface area contributed by atoms with E-state index in [0.717, 1.165) is 35.3 Å². The van der Waals surface area contributed by atoms with Gasteiger partial charge in [0.2, 0.25) is 5.75 Å². The summed E-state index contributed by atoms with van der Waals surface area (Å²) in [7, 11) is 4.80. The van der Waals surface area contributed by atoms with Gasteiger partial charge in [0.15, 0.2) is 11.5 Å². The van der Waals surface area contributed by atoms with Gasteiger partial charge in [0, 0.05) is 31.6 Å². The standard InChI is InChI=1S/C23H25N3O4/c1-28-19-11-15(12-20(29-2)21(19)30-3)13-26-10-9-18-17(14-26)23(27)25-22(24-18)16-7-5-4-6-8-16/h4-8,11-12H,9-10,13-14H2,1-3H3,(H,24,25,27). The first kappa shape index (κ1) is 20.0. The average Bonchev–Trinajstić information content (AvgIpc) is 2.79. The van der Waals surface area contributed by atoms with Gasteiger partial charge in [-0.2, -0.15) is 0 Å². The highest BCUT2D eigenvalue weighted by Gasteiger charge is 2.22. The highest BCUT2D eigenvalue weighted by atomic mass is 16.5. The van der Waals surface area contributed by atoms with Crippen molar-refractivity contribution in [2.45, 2.75) is 19.5 Å². The van der Waals surface area contributed by atoms with Crippen molar-refractivity contribution in [2.24, 2.45) is 0 Å². The van der Waals surface area contributed by atoms with E-state index in [1.54, 1.807) is 21.3 Å². The van der Waals surface area contributed by atoms with Crippen molar-refractivity contribution in [1.82, 2.24) is 14.9 Å². The van der Waals surface area contributed by atoms with Crippen LogP contribution in [0.15, 0.2) is 47.3 Å². The first-order valence-corrected chi connectivity index (χ1v) is 9.81. The lowest BCUT2D eigenvalue weighted by Crippen LogP contribution is -2.35. The van der Waals surface area contributed by atoms with Crippen molar-refractivity contribution in [1.29, 1.82) is 0 Å². The molecule has 1 aromatic heterocycles. The van der Waals surface area contributed by atoms with Gasteiger partial charge in [0.25, 0.3) is 5.56 Å². The van der Waals surface area contributed by atoms with E-state index in [9.17, 15) is 4.79 Å². The molecular formula is C23H25N3O4. The molecule has 2 heterocycles. The Labute approximate surface area is 175 Å². The molecule has 7 nitrogen and oxygen atoms in total. The number of rotatable bonds is 6. The Hall–Kier alpha value is -3.32. The predicted octanol–water partition coefficient (Wildman–Crippen LogP) is 3.02. The van der Waals surface area contributed by atoms with Crippen molar-refractivity contribution < 1.29 is 14.2 Å². The molecule has 156 valence electrons. The molecular weight excluding hydrogens is 382 g/mol. The summed E-state index contributed by atoms with van der Waals surface area (Å²) in [5.74, 6) is 2.44. The lowest BCUT2D eigenvalue weighted by atomic mass is 10.0. The van der Waals surface area contributed by atoms with Crippen LogP contribution >= 0.6 is 0 Å². The minimum absolute atomic E-state index is 0.0755. The monoisotopic (exact) mass is 407 g/mol. The number of fused-ring (bicyclic) bond motifs is 1. The fraction of sp³-hybridized carbons (Fsp3) is 0.304. The Bertz CT molecular complexity index is 1070. The predicted molar refractivity (Wildman–Crippen MR) is 114 cm³/mol. The van der Waals surface area contributed by atoms with Gasteiger partial charge in [-0.1, -0.05) is 30.3 Å². The van der Waals surface area contributed by atoms with Crippen LogP contribution in [-0.4, -0.2) is 42.7 Å². The number of hydrogen-bond acceptors (Lipinski definition) is 6. The number of aromatic nitrogens is 2. The van der Waals surface area contributed by atoms with Crippen LogP contribution < -0.4 is 19.8 Å². The van der Waals surface area contributed by atoms with E-state index in [4.69, 9.17) is 19.2 Å². The smallest absolute Gasteiger partial charge is 0.255 e. The quantitative estimate of drug-likeness (QED) is 0.677. The lowest BCUT2D eigenvalue weighted by Gasteiger charge is -2.28. The van der Waals surface area contributed by atoms with Gasteiger partial charge in [-0.05, 0) is 17.7 Å². The number of methoxy groups -OCH3 is 3. The number of benzene rings is 2. The summed E-state index contributed by atoms with van der Waals surface area (Å²) in [6.07, 6.45) is 0.726. The van der Waals surface area contributed by atoms with E-state index < -0.39 is 0 Å². The van der Waals surface area contributed by atoms with Crippen LogP contribution in [-0.2, 0) is 19.5 Å². The lowest BCUT2D eigenvalue weighted by molar-refractivity contribution is 0.240. The third-order valence-electron chi connectivity index (χ3n) is 5.33. The Kier molecular flexibility index (Phi) is 5.72. The van der Waals surface area contributed by atoms with Gasteiger partial charge >= 0.3 is 0 Å². The first-order chi connectivity index (χ1) is 14.6. The van der Waals surface area contributed by atoms with Gasteiger partial charge in [0.1, 0.15) is 5.82 Å². The second kappa shape index (κ2) is 8.59. The summed E-state index contributed by atoms with van der Waals surface area (Å²) < 4.78 is 16.3. The van der Waals surface area contributed by atoms with E-state index in [1.165, 1.54) is 0 Å². The maximum Gasteiger partial charge on any atom is 0.255 e. The van der Waals surface area contributed by atoms with Crippen LogP contribution in [0.4, 0.5) is 0 Å². The largest absolute Gasteiger partial charge is 0.493 e. The van der Waals surface area contributed by atoms with Gasteiger partial charge < -0.3 is 19.2 Å². The minimum atomic E-state index is -0.0755.